The first-order valence-electron chi connectivity index (χ1n) is 9.66. The molecule has 156 valence electrons. The Kier molecular flexibility index (Phi) is 6.39. The summed E-state index contributed by atoms with van der Waals surface area (Å²) in [7, 11) is 0. The summed E-state index contributed by atoms with van der Waals surface area (Å²) in [6.45, 7) is 2.75. The third kappa shape index (κ3) is 5.03. The molecule has 1 aromatic carbocycles. The minimum Gasteiger partial charge on any atom is -0.368 e. The van der Waals surface area contributed by atoms with Crippen LogP contribution in [0, 0.1) is 5.82 Å². The molecule has 4 rings (SSSR count). The van der Waals surface area contributed by atoms with E-state index in [1.54, 1.807) is 18.2 Å². The van der Waals surface area contributed by atoms with Gasteiger partial charge in [0.15, 0.2) is 5.13 Å². The molecule has 1 aliphatic rings. The molecule has 1 fully saturated rings. The Morgan fingerprint density at radius 3 is 2.53 bits per heavy atom. The second kappa shape index (κ2) is 9.36. The Bertz CT molecular complexity index is 996. The monoisotopic (exact) mass is 444 g/mol. The molecule has 3 aromatic rings. The first-order valence-corrected chi connectivity index (χ1v) is 11.4. The summed E-state index contributed by atoms with van der Waals surface area (Å²) in [6, 6.07) is 10.0. The number of rotatable bonds is 6. The van der Waals surface area contributed by atoms with Gasteiger partial charge in [0.2, 0.25) is 5.91 Å². The number of piperazine rings is 1. The Morgan fingerprint density at radius 2 is 1.83 bits per heavy atom. The number of nitrogens with zero attached hydrogens (tertiary/aromatic N) is 3. The van der Waals surface area contributed by atoms with Gasteiger partial charge in [-0.2, -0.15) is 0 Å². The summed E-state index contributed by atoms with van der Waals surface area (Å²) in [5.74, 6) is -0.309. The highest BCUT2D eigenvalue weighted by molar-refractivity contribution is 7.14. The first kappa shape index (κ1) is 20.5. The average Bonchev–Trinajstić information content (AvgIpc) is 3.45. The maximum absolute atomic E-state index is 13.1. The van der Waals surface area contributed by atoms with Crippen molar-refractivity contribution in [2.24, 2.45) is 0 Å². The molecule has 0 saturated carbocycles. The summed E-state index contributed by atoms with van der Waals surface area (Å²) < 4.78 is 13.1. The number of benzene rings is 1. The lowest BCUT2D eigenvalue weighted by Crippen LogP contribution is -2.48. The highest BCUT2D eigenvalue weighted by Gasteiger charge is 2.21. The maximum Gasteiger partial charge on any atom is 0.267 e. The van der Waals surface area contributed by atoms with Gasteiger partial charge in [-0.1, -0.05) is 6.07 Å². The van der Waals surface area contributed by atoms with Gasteiger partial charge in [-0.15, -0.1) is 22.7 Å². The number of halogens is 1. The molecule has 0 atom stereocenters. The van der Waals surface area contributed by atoms with Gasteiger partial charge in [0.05, 0.1) is 10.6 Å². The SMILES string of the molecule is O=C(Nc1nc(CCC(=O)N2CCN(c3ccc(F)cc3)CC2)cs1)c1cccs1. The van der Waals surface area contributed by atoms with Crippen molar-refractivity contribution in [3.63, 3.8) is 0 Å². The molecule has 1 saturated heterocycles. The van der Waals surface area contributed by atoms with Crippen LogP contribution in [0.5, 0.6) is 0 Å². The van der Waals surface area contributed by atoms with Gasteiger partial charge in [-0.25, -0.2) is 9.37 Å². The van der Waals surface area contributed by atoms with Crippen molar-refractivity contribution in [2.45, 2.75) is 12.8 Å². The number of aryl methyl sites for hydroxylation is 1. The minimum atomic E-state index is -0.246. The summed E-state index contributed by atoms with van der Waals surface area (Å²) in [5, 5.41) is 7.07. The first-order chi connectivity index (χ1) is 14.6. The van der Waals surface area contributed by atoms with Gasteiger partial charge in [-0.3, -0.25) is 14.9 Å². The number of carbonyl (C=O) groups is 2. The smallest absolute Gasteiger partial charge is 0.267 e. The highest BCUT2D eigenvalue weighted by atomic mass is 32.1. The van der Waals surface area contributed by atoms with E-state index in [0.29, 0.717) is 35.9 Å². The van der Waals surface area contributed by atoms with Gasteiger partial charge >= 0.3 is 0 Å². The zero-order chi connectivity index (χ0) is 20.9. The highest BCUT2D eigenvalue weighted by Crippen LogP contribution is 2.20. The number of hydrogen-bond acceptors (Lipinski definition) is 6. The van der Waals surface area contributed by atoms with Crippen LogP contribution in [0.3, 0.4) is 0 Å². The van der Waals surface area contributed by atoms with Crippen LogP contribution >= 0.6 is 22.7 Å². The Labute approximate surface area is 182 Å². The molecule has 30 heavy (non-hydrogen) atoms. The van der Waals surface area contributed by atoms with Crippen LogP contribution in [0.25, 0.3) is 0 Å². The van der Waals surface area contributed by atoms with E-state index in [4.69, 9.17) is 0 Å². The fourth-order valence-electron chi connectivity index (χ4n) is 3.30. The fourth-order valence-corrected chi connectivity index (χ4v) is 4.66. The van der Waals surface area contributed by atoms with Crippen molar-refractivity contribution in [3.05, 3.63) is 63.5 Å². The molecule has 0 radical (unpaired) electrons. The zero-order valence-electron chi connectivity index (χ0n) is 16.2. The minimum absolute atomic E-state index is 0.103. The van der Waals surface area contributed by atoms with Crippen molar-refractivity contribution < 1.29 is 14.0 Å². The van der Waals surface area contributed by atoms with E-state index in [2.05, 4.69) is 15.2 Å². The zero-order valence-corrected chi connectivity index (χ0v) is 17.8. The van der Waals surface area contributed by atoms with Crippen molar-refractivity contribution in [1.29, 1.82) is 0 Å². The molecular weight excluding hydrogens is 423 g/mol. The lowest BCUT2D eigenvalue weighted by molar-refractivity contribution is -0.131. The summed E-state index contributed by atoms with van der Waals surface area (Å²) >= 11 is 2.75. The molecule has 0 spiro atoms. The van der Waals surface area contributed by atoms with Crippen LogP contribution in [0.2, 0.25) is 0 Å². The number of nitrogens with one attached hydrogen (secondary N) is 1. The third-order valence-corrected chi connectivity index (χ3v) is 6.61. The molecule has 0 unspecified atom stereocenters. The third-order valence-electron chi connectivity index (χ3n) is 4.94. The number of carbonyl (C=O) groups excluding carboxylic acids is 2. The topological polar surface area (TPSA) is 65.5 Å². The number of thiophene rings is 1. The van der Waals surface area contributed by atoms with Crippen LogP contribution in [-0.2, 0) is 11.2 Å². The molecule has 6 nitrogen and oxygen atoms in total. The Morgan fingerprint density at radius 1 is 1.07 bits per heavy atom. The van der Waals surface area contributed by atoms with E-state index in [-0.39, 0.29) is 17.6 Å². The number of aromatic nitrogens is 1. The molecule has 9 heteroatoms. The molecule has 0 bridgehead atoms. The van der Waals surface area contributed by atoms with Gasteiger partial charge in [-0.05, 0) is 42.1 Å². The van der Waals surface area contributed by atoms with Gasteiger partial charge in [0.1, 0.15) is 5.82 Å². The average molecular weight is 445 g/mol. The lowest BCUT2D eigenvalue weighted by Gasteiger charge is -2.36. The van der Waals surface area contributed by atoms with Crippen molar-refractivity contribution in [3.8, 4) is 0 Å². The molecule has 1 N–H and O–H groups in total. The van der Waals surface area contributed by atoms with E-state index in [1.165, 1.54) is 34.8 Å². The van der Waals surface area contributed by atoms with E-state index < -0.39 is 0 Å². The molecule has 2 amide bonds. The largest absolute Gasteiger partial charge is 0.368 e. The van der Waals surface area contributed by atoms with Crippen LogP contribution in [-0.4, -0.2) is 47.9 Å². The quantitative estimate of drug-likeness (QED) is 0.627. The summed E-state index contributed by atoms with van der Waals surface area (Å²) in [6.07, 6.45) is 0.932. The van der Waals surface area contributed by atoms with E-state index >= 15 is 0 Å². The standard InChI is InChI=1S/C21H21FN4O2S2/c22-15-3-6-17(7-4-15)25-9-11-26(12-10-25)19(27)8-5-16-14-30-21(23-16)24-20(28)18-2-1-13-29-18/h1-4,6-7,13-14H,5,8-12H2,(H,23,24,28). The summed E-state index contributed by atoms with van der Waals surface area (Å²) in [4.78, 5) is 33.7. The fraction of sp³-hybridized carbons (Fsp3) is 0.286. The van der Waals surface area contributed by atoms with Gasteiger partial charge in [0, 0.05) is 43.7 Å². The second-order valence-corrected chi connectivity index (χ2v) is 8.73. The predicted molar refractivity (Wildman–Crippen MR) is 118 cm³/mol. The van der Waals surface area contributed by atoms with Crippen LogP contribution in [0.15, 0.2) is 47.2 Å². The van der Waals surface area contributed by atoms with E-state index in [1.807, 2.05) is 21.7 Å². The van der Waals surface area contributed by atoms with Gasteiger partial charge < -0.3 is 9.80 Å². The number of amides is 2. The molecule has 2 aromatic heterocycles. The summed E-state index contributed by atoms with van der Waals surface area (Å²) in [5.41, 5.74) is 1.78. The van der Waals surface area contributed by atoms with Crippen molar-refractivity contribution >= 4 is 45.3 Å². The van der Waals surface area contributed by atoms with Crippen LogP contribution in [0.1, 0.15) is 21.8 Å². The van der Waals surface area contributed by atoms with Crippen molar-refractivity contribution in [1.82, 2.24) is 9.88 Å². The van der Waals surface area contributed by atoms with Gasteiger partial charge in [0.25, 0.3) is 5.91 Å². The normalized spacial score (nSPS) is 14.0. The predicted octanol–water partition coefficient (Wildman–Crippen LogP) is 3.88. The molecule has 1 aliphatic heterocycles. The van der Waals surface area contributed by atoms with Crippen LogP contribution < -0.4 is 10.2 Å². The second-order valence-electron chi connectivity index (χ2n) is 6.92. The Balaban J connectivity index is 1.23. The van der Waals surface area contributed by atoms with Crippen molar-refractivity contribution in [2.75, 3.05) is 36.4 Å². The van der Waals surface area contributed by atoms with E-state index in [9.17, 15) is 14.0 Å². The molecule has 0 aliphatic carbocycles. The molecule has 3 heterocycles. The number of thiazole rings is 1. The maximum atomic E-state index is 13.1. The number of anilines is 2. The van der Waals surface area contributed by atoms with Crippen LogP contribution in [0.4, 0.5) is 15.2 Å². The van der Waals surface area contributed by atoms with E-state index in [0.717, 1.165) is 24.5 Å². The Hall–Kier alpha value is -2.78. The lowest BCUT2D eigenvalue weighted by atomic mass is 10.2. The molecular formula is C21H21FN4O2S2. The number of hydrogen-bond donors (Lipinski definition) is 1.